The van der Waals surface area contributed by atoms with Crippen molar-refractivity contribution in [2.45, 2.75) is 5.41 Å². The molecule has 11 aromatic carbocycles. The minimum atomic E-state index is -0.588. The number of furan rings is 1. The molecule has 58 heavy (non-hydrogen) atoms. The predicted octanol–water partition coefficient (Wildman–Crippen LogP) is 15.3. The molecule has 0 N–H and O–H groups in total. The molecule has 1 nitrogen and oxygen atoms in total. The Morgan fingerprint density at radius 2 is 0.914 bits per heavy atom. The topological polar surface area (TPSA) is 13.1 Å². The van der Waals surface area contributed by atoms with E-state index in [4.69, 9.17) is 4.42 Å². The van der Waals surface area contributed by atoms with Crippen molar-refractivity contribution >= 4 is 65.0 Å². The van der Waals surface area contributed by atoms with Gasteiger partial charge < -0.3 is 4.42 Å². The Bertz CT molecular complexity index is 3550. The van der Waals surface area contributed by atoms with Gasteiger partial charge in [-0.2, -0.15) is 0 Å². The lowest BCUT2D eigenvalue weighted by atomic mass is 9.67. The number of hydrogen-bond donors (Lipinski definition) is 0. The Morgan fingerprint density at radius 3 is 1.69 bits per heavy atom. The molecule has 0 radical (unpaired) electrons. The van der Waals surface area contributed by atoms with Crippen LogP contribution in [0.1, 0.15) is 22.3 Å². The summed E-state index contributed by atoms with van der Waals surface area (Å²) in [6.07, 6.45) is 0. The molecule has 268 valence electrons. The van der Waals surface area contributed by atoms with Gasteiger partial charge in [-0.3, -0.25) is 0 Å². The number of hydrogen-bond acceptors (Lipinski definition) is 1. The quantitative estimate of drug-likeness (QED) is 0.164. The first-order chi connectivity index (χ1) is 28.7. The van der Waals surface area contributed by atoms with Gasteiger partial charge in [0, 0.05) is 10.8 Å². The van der Waals surface area contributed by atoms with Gasteiger partial charge in [0.15, 0.2) is 0 Å². The normalized spacial score (nSPS) is 13.3. The van der Waals surface area contributed by atoms with Crippen molar-refractivity contribution < 1.29 is 4.42 Å². The molecule has 1 aromatic heterocycles. The van der Waals surface area contributed by atoms with E-state index in [0.29, 0.717) is 0 Å². The number of fused-ring (bicyclic) bond motifs is 7. The fourth-order valence-corrected chi connectivity index (χ4v) is 10.6. The Kier molecular flexibility index (Phi) is 6.43. The standard InChI is InChI=1S/C57H34O/c1-3-16-42(17-4-1)57(43-18-5-2-6-19-43)50-32-39-13-8-7-12-38(39)30-49(50)56-48(40-26-28-46-45-20-9-10-21-52(45)58-53(46)34-40)31-41(33-51(56)57)44-27-24-37-23-22-35-14-11-15-36-25-29-47(44)55(37)54(35)36/h1-34H. The van der Waals surface area contributed by atoms with Crippen LogP contribution in [0.5, 0.6) is 0 Å². The Hall–Kier alpha value is -7.48. The zero-order chi connectivity index (χ0) is 38.0. The average molecular weight is 735 g/mol. The van der Waals surface area contributed by atoms with E-state index in [0.717, 1.165) is 27.5 Å². The summed E-state index contributed by atoms with van der Waals surface area (Å²) in [5.74, 6) is 0. The summed E-state index contributed by atoms with van der Waals surface area (Å²) < 4.78 is 6.58. The lowest BCUT2D eigenvalue weighted by Crippen LogP contribution is -2.28. The maximum Gasteiger partial charge on any atom is 0.136 e. The fraction of sp³-hybridized carbons (Fsp3) is 0.0175. The van der Waals surface area contributed by atoms with Crippen molar-refractivity contribution in [1.29, 1.82) is 0 Å². The van der Waals surface area contributed by atoms with Crippen LogP contribution in [0.25, 0.3) is 98.4 Å². The highest BCUT2D eigenvalue weighted by molar-refractivity contribution is 6.25. The summed E-state index contributed by atoms with van der Waals surface area (Å²) in [4.78, 5) is 0. The average Bonchev–Trinajstić information content (AvgIpc) is 3.80. The molecule has 1 aliphatic carbocycles. The molecule has 0 unspecified atom stereocenters. The van der Waals surface area contributed by atoms with Crippen molar-refractivity contribution in [2.24, 2.45) is 0 Å². The molecule has 1 heteroatoms. The summed E-state index contributed by atoms with van der Waals surface area (Å²) >= 11 is 0. The van der Waals surface area contributed by atoms with E-state index in [1.807, 2.05) is 6.07 Å². The minimum absolute atomic E-state index is 0.588. The molecule has 0 aliphatic heterocycles. The van der Waals surface area contributed by atoms with Crippen LogP contribution in [0, 0.1) is 0 Å². The number of rotatable bonds is 4. The van der Waals surface area contributed by atoms with Crippen LogP contribution >= 0.6 is 0 Å². The minimum Gasteiger partial charge on any atom is -0.456 e. The van der Waals surface area contributed by atoms with Gasteiger partial charge in [-0.25, -0.2) is 0 Å². The smallest absolute Gasteiger partial charge is 0.136 e. The summed E-state index contributed by atoms with van der Waals surface area (Å²) in [6.45, 7) is 0. The molecular weight excluding hydrogens is 701 g/mol. The van der Waals surface area contributed by atoms with Crippen LogP contribution in [0.2, 0.25) is 0 Å². The summed E-state index contributed by atoms with van der Waals surface area (Å²) in [5.41, 5.74) is 13.6. The molecule has 0 bridgehead atoms. The van der Waals surface area contributed by atoms with Gasteiger partial charge in [0.2, 0.25) is 0 Å². The fourth-order valence-electron chi connectivity index (χ4n) is 10.6. The highest BCUT2D eigenvalue weighted by Gasteiger charge is 2.47. The van der Waals surface area contributed by atoms with Crippen LogP contribution in [0.15, 0.2) is 211 Å². The number of para-hydroxylation sites is 1. The molecule has 13 rings (SSSR count). The van der Waals surface area contributed by atoms with E-state index < -0.39 is 5.41 Å². The maximum absolute atomic E-state index is 6.58. The monoisotopic (exact) mass is 734 g/mol. The van der Waals surface area contributed by atoms with Gasteiger partial charge in [-0.05, 0) is 141 Å². The van der Waals surface area contributed by atoms with Crippen molar-refractivity contribution in [3.05, 3.63) is 229 Å². The van der Waals surface area contributed by atoms with Gasteiger partial charge in [0.25, 0.3) is 0 Å². The lowest BCUT2D eigenvalue weighted by molar-refractivity contribution is 0.669. The molecule has 1 heterocycles. The third-order valence-electron chi connectivity index (χ3n) is 13.0. The molecule has 0 amide bonds. The molecule has 0 fully saturated rings. The highest BCUT2D eigenvalue weighted by atomic mass is 16.3. The second-order valence-electron chi connectivity index (χ2n) is 16.0. The molecule has 0 saturated carbocycles. The number of benzene rings is 11. The van der Waals surface area contributed by atoms with E-state index in [1.165, 1.54) is 93.2 Å². The van der Waals surface area contributed by atoms with Gasteiger partial charge in [0.05, 0.1) is 5.41 Å². The predicted molar refractivity (Wildman–Crippen MR) is 243 cm³/mol. The molecule has 12 aromatic rings. The first kappa shape index (κ1) is 31.7. The SMILES string of the molecule is c1ccc(C2(c3ccccc3)c3cc4ccccc4cc3-c3c(-c4ccc5c(c4)oc4ccccc45)cc(-c4ccc5ccc6cccc7ccc4c5c67)cc32)cc1. The molecule has 0 saturated heterocycles. The summed E-state index contributed by atoms with van der Waals surface area (Å²) in [6, 6.07) is 76.7. The molecule has 0 atom stereocenters. The van der Waals surface area contributed by atoms with Crippen molar-refractivity contribution in [3.8, 4) is 33.4 Å². The second kappa shape index (κ2) is 11.8. The Morgan fingerprint density at radius 1 is 0.310 bits per heavy atom. The third kappa shape index (κ3) is 4.25. The van der Waals surface area contributed by atoms with Crippen molar-refractivity contribution in [1.82, 2.24) is 0 Å². The molecular formula is C57H34O. The lowest BCUT2D eigenvalue weighted by Gasteiger charge is -2.34. The first-order valence-electron chi connectivity index (χ1n) is 20.2. The van der Waals surface area contributed by atoms with Crippen LogP contribution < -0.4 is 0 Å². The zero-order valence-corrected chi connectivity index (χ0v) is 31.5. The van der Waals surface area contributed by atoms with Crippen LogP contribution in [0.4, 0.5) is 0 Å². The van der Waals surface area contributed by atoms with Crippen LogP contribution in [-0.2, 0) is 5.41 Å². The van der Waals surface area contributed by atoms with Crippen LogP contribution in [-0.4, -0.2) is 0 Å². The first-order valence-corrected chi connectivity index (χ1v) is 20.2. The van der Waals surface area contributed by atoms with E-state index in [1.54, 1.807) is 0 Å². The van der Waals surface area contributed by atoms with E-state index >= 15 is 0 Å². The van der Waals surface area contributed by atoms with Crippen molar-refractivity contribution in [3.63, 3.8) is 0 Å². The van der Waals surface area contributed by atoms with E-state index in [-0.39, 0.29) is 0 Å². The summed E-state index contributed by atoms with van der Waals surface area (Å²) in [7, 11) is 0. The zero-order valence-electron chi connectivity index (χ0n) is 31.5. The molecule has 0 spiro atoms. The van der Waals surface area contributed by atoms with Gasteiger partial charge in [-0.1, -0.05) is 164 Å². The largest absolute Gasteiger partial charge is 0.456 e. The van der Waals surface area contributed by atoms with Crippen LogP contribution in [0.3, 0.4) is 0 Å². The summed E-state index contributed by atoms with van der Waals surface area (Å²) in [5, 5.41) is 12.5. The van der Waals surface area contributed by atoms with Gasteiger partial charge in [0.1, 0.15) is 11.2 Å². The second-order valence-corrected chi connectivity index (χ2v) is 16.0. The van der Waals surface area contributed by atoms with Crippen molar-refractivity contribution in [2.75, 3.05) is 0 Å². The Balaban J connectivity index is 1.21. The van der Waals surface area contributed by atoms with E-state index in [9.17, 15) is 0 Å². The highest BCUT2D eigenvalue weighted by Crippen LogP contribution is 2.60. The molecule has 1 aliphatic rings. The third-order valence-corrected chi connectivity index (χ3v) is 13.0. The van der Waals surface area contributed by atoms with E-state index in [2.05, 4.69) is 200 Å². The van der Waals surface area contributed by atoms with Gasteiger partial charge >= 0.3 is 0 Å². The van der Waals surface area contributed by atoms with Gasteiger partial charge in [-0.15, -0.1) is 0 Å². The Labute approximate surface area is 335 Å². The maximum atomic E-state index is 6.58.